The third-order valence-corrected chi connectivity index (χ3v) is 11.2. The molecule has 0 saturated carbocycles. The Bertz CT molecular complexity index is 2670. The van der Waals surface area contributed by atoms with Gasteiger partial charge in [0.1, 0.15) is 11.3 Å². The summed E-state index contributed by atoms with van der Waals surface area (Å²) in [5.74, 6) is 0.938. The fraction of sp³-hybridized carbons (Fsp3) is 0.192. The molecule has 0 bridgehead atoms. The Labute approximate surface area is 315 Å². The predicted octanol–water partition coefficient (Wildman–Crippen LogP) is 13.1. The maximum Gasteiger partial charge on any atom is 0.143 e. The average molecular weight is 691 g/mol. The van der Waals surface area contributed by atoms with Crippen LogP contribution in [0.25, 0.3) is 67.8 Å². The lowest BCUT2D eigenvalue weighted by atomic mass is 9.79. The Hall–Kier alpha value is -5.66. The van der Waals surface area contributed by atoms with Gasteiger partial charge in [-0.05, 0) is 132 Å². The van der Waals surface area contributed by atoms with Crippen LogP contribution < -0.4 is 10.4 Å². The van der Waals surface area contributed by atoms with Crippen molar-refractivity contribution in [1.29, 1.82) is 0 Å². The lowest BCUT2D eigenvalue weighted by molar-refractivity contribution is 0.603. The number of fused-ring (bicyclic) bond motifs is 8. The number of benzene rings is 4. The Morgan fingerprint density at radius 1 is 0.736 bits per heavy atom. The van der Waals surface area contributed by atoms with Gasteiger partial charge in [0, 0.05) is 21.8 Å². The summed E-state index contributed by atoms with van der Waals surface area (Å²) in [4.78, 5) is 0. The molecule has 53 heavy (non-hydrogen) atoms. The molecule has 1 aliphatic rings. The van der Waals surface area contributed by atoms with Crippen LogP contribution in [-0.2, 0) is 11.8 Å². The van der Waals surface area contributed by atoms with Crippen LogP contribution in [0.2, 0.25) is 0 Å². The topological polar surface area (TPSA) is 13.1 Å². The highest BCUT2D eigenvalue weighted by Gasteiger charge is 2.40. The molecular formula is C52H50O. The van der Waals surface area contributed by atoms with Crippen LogP contribution in [0.5, 0.6) is 0 Å². The monoisotopic (exact) mass is 690 g/mol. The third kappa shape index (κ3) is 6.29. The van der Waals surface area contributed by atoms with E-state index in [1.54, 1.807) is 0 Å². The molecule has 0 radical (unpaired) electrons. The Morgan fingerprint density at radius 2 is 1.43 bits per heavy atom. The minimum atomic E-state index is -0.203. The van der Waals surface area contributed by atoms with Crippen LogP contribution in [0.1, 0.15) is 80.7 Å². The van der Waals surface area contributed by atoms with E-state index in [2.05, 4.69) is 201 Å². The maximum absolute atomic E-state index is 6.64. The summed E-state index contributed by atoms with van der Waals surface area (Å²) in [6.07, 6.45) is 16.3. The first-order chi connectivity index (χ1) is 25.7. The fourth-order valence-electron chi connectivity index (χ4n) is 8.45. The van der Waals surface area contributed by atoms with Crippen LogP contribution in [0.15, 0.2) is 132 Å². The summed E-state index contributed by atoms with van der Waals surface area (Å²) in [5.41, 5.74) is 14.9. The third-order valence-electron chi connectivity index (χ3n) is 11.2. The number of allylic oxidation sites excluding steroid dienone is 5. The van der Waals surface area contributed by atoms with Gasteiger partial charge in [-0.3, -0.25) is 0 Å². The second-order valence-corrected chi connectivity index (χ2v) is 14.7. The van der Waals surface area contributed by atoms with Crippen molar-refractivity contribution in [3.8, 4) is 22.3 Å². The van der Waals surface area contributed by atoms with E-state index in [1.807, 2.05) is 0 Å². The maximum atomic E-state index is 6.64. The molecule has 1 aromatic heterocycles. The first-order valence-corrected chi connectivity index (χ1v) is 18.9. The predicted molar refractivity (Wildman–Crippen MR) is 231 cm³/mol. The molecule has 0 amide bonds. The molecule has 6 aromatic rings. The summed E-state index contributed by atoms with van der Waals surface area (Å²) in [5, 5.41) is 6.09. The summed E-state index contributed by atoms with van der Waals surface area (Å²) in [6, 6.07) is 37.6. The SMILES string of the molecule is C/C=C\c1oc2c(c1C)c1c(c3ccccc32)-c2cc(-c3ccccccc(/C(C)=C/C=C\Cc4ccccc4C)c(=C/C)/c3=C\C)ccc2C1(C)C. The second-order valence-electron chi connectivity index (χ2n) is 14.7. The van der Waals surface area contributed by atoms with Gasteiger partial charge >= 0.3 is 0 Å². The molecule has 1 aliphatic carbocycles. The molecule has 7 rings (SSSR count). The molecule has 0 N–H and O–H groups in total. The Kier molecular flexibility index (Phi) is 9.95. The zero-order chi connectivity index (χ0) is 37.3. The van der Waals surface area contributed by atoms with Crippen molar-refractivity contribution in [3.63, 3.8) is 0 Å². The Morgan fingerprint density at radius 3 is 2.17 bits per heavy atom. The number of hydrogen-bond donors (Lipinski definition) is 0. The highest BCUT2D eigenvalue weighted by molar-refractivity contribution is 6.17. The molecule has 0 unspecified atom stereocenters. The minimum absolute atomic E-state index is 0.203. The van der Waals surface area contributed by atoms with Crippen molar-refractivity contribution in [1.82, 2.24) is 0 Å². The molecule has 1 heteroatoms. The van der Waals surface area contributed by atoms with Crippen molar-refractivity contribution in [2.75, 3.05) is 0 Å². The lowest BCUT2D eigenvalue weighted by Gasteiger charge is -2.23. The van der Waals surface area contributed by atoms with E-state index in [1.165, 1.54) is 82.4 Å². The number of furan rings is 1. The second kappa shape index (κ2) is 14.8. The molecule has 5 aromatic carbocycles. The van der Waals surface area contributed by atoms with E-state index in [4.69, 9.17) is 4.42 Å². The lowest BCUT2D eigenvalue weighted by Crippen LogP contribution is -2.28. The molecule has 0 aliphatic heterocycles. The smallest absolute Gasteiger partial charge is 0.143 e. The number of rotatable bonds is 6. The van der Waals surface area contributed by atoms with Gasteiger partial charge < -0.3 is 4.42 Å². The van der Waals surface area contributed by atoms with Crippen molar-refractivity contribution < 1.29 is 4.42 Å². The van der Waals surface area contributed by atoms with Gasteiger partial charge in [-0.2, -0.15) is 0 Å². The van der Waals surface area contributed by atoms with E-state index in [0.29, 0.717) is 0 Å². The number of hydrogen-bond acceptors (Lipinski definition) is 1. The highest BCUT2D eigenvalue weighted by atomic mass is 16.3. The van der Waals surface area contributed by atoms with E-state index in [-0.39, 0.29) is 5.41 Å². The quantitative estimate of drug-likeness (QED) is 0.159. The summed E-state index contributed by atoms with van der Waals surface area (Å²) in [6.45, 7) is 17.7. The summed E-state index contributed by atoms with van der Waals surface area (Å²) in [7, 11) is 0. The van der Waals surface area contributed by atoms with E-state index in [9.17, 15) is 0 Å². The standard InChI is InChI=1S/C52H50O/c1-9-22-47-36(6)48-50-49(43-29-20-21-30-44(43)51(48)53-47)45-33-38(31-32-46(45)52(50,7)8)42-28-15-13-12-14-27-41(39(10-2)40(42)11-3)35(5)24-17-19-26-37-25-18-16-23-34(37)4/h9-25,27-33H,26H2,1-8H3/b14-12?,15-13?,19-17-,22-9-,35-24+,39-10+,40-11+,41-27?,42-28?. The van der Waals surface area contributed by atoms with Crippen LogP contribution in [0.4, 0.5) is 0 Å². The van der Waals surface area contributed by atoms with Crippen molar-refractivity contribution in [2.24, 2.45) is 0 Å². The van der Waals surface area contributed by atoms with Crippen molar-refractivity contribution in [3.05, 3.63) is 177 Å². The minimum Gasteiger partial charge on any atom is -0.456 e. The van der Waals surface area contributed by atoms with Crippen LogP contribution in [-0.4, -0.2) is 0 Å². The molecule has 264 valence electrons. The number of aryl methyl sites for hydroxylation is 2. The van der Waals surface area contributed by atoms with Gasteiger partial charge in [-0.25, -0.2) is 0 Å². The van der Waals surface area contributed by atoms with Gasteiger partial charge in [0.05, 0.1) is 0 Å². The summed E-state index contributed by atoms with van der Waals surface area (Å²) >= 11 is 0. The molecule has 0 atom stereocenters. The zero-order valence-electron chi connectivity index (χ0n) is 32.5. The van der Waals surface area contributed by atoms with Crippen LogP contribution in [0, 0.1) is 13.8 Å². The fourth-order valence-corrected chi connectivity index (χ4v) is 8.45. The van der Waals surface area contributed by atoms with E-state index >= 15 is 0 Å². The van der Waals surface area contributed by atoms with Crippen LogP contribution >= 0.6 is 0 Å². The first-order valence-electron chi connectivity index (χ1n) is 18.9. The van der Waals surface area contributed by atoms with Gasteiger partial charge in [-0.15, -0.1) is 0 Å². The largest absolute Gasteiger partial charge is 0.456 e. The average Bonchev–Trinajstić information content (AvgIpc) is 3.61. The van der Waals surface area contributed by atoms with E-state index < -0.39 is 0 Å². The Balaban J connectivity index is 1.45. The summed E-state index contributed by atoms with van der Waals surface area (Å²) < 4.78 is 6.64. The molecule has 1 heterocycles. The molecule has 1 nitrogen and oxygen atoms in total. The van der Waals surface area contributed by atoms with Crippen molar-refractivity contribution in [2.45, 2.75) is 67.2 Å². The van der Waals surface area contributed by atoms with Crippen LogP contribution in [0.3, 0.4) is 0 Å². The van der Waals surface area contributed by atoms with E-state index in [0.717, 1.165) is 23.2 Å². The molecule has 0 saturated heterocycles. The highest BCUT2D eigenvalue weighted by Crippen LogP contribution is 2.56. The first kappa shape index (κ1) is 35.7. The van der Waals surface area contributed by atoms with Crippen molar-refractivity contribution >= 4 is 45.5 Å². The van der Waals surface area contributed by atoms with Gasteiger partial charge in [-0.1, -0.05) is 147 Å². The normalized spacial score (nSPS) is 14.5. The van der Waals surface area contributed by atoms with Gasteiger partial charge in [0.15, 0.2) is 0 Å². The van der Waals surface area contributed by atoms with Gasteiger partial charge in [0.25, 0.3) is 0 Å². The molecule has 0 spiro atoms. The van der Waals surface area contributed by atoms with Gasteiger partial charge in [0.2, 0.25) is 0 Å². The molecular weight excluding hydrogens is 641 g/mol. The zero-order valence-corrected chi connectivity index (χ0v) is 32.5. The molecule has 0 fully saturated rings.